The number of carbonyl (C=O) groups is 1. The number of hydrogen-bond donors (Lipinski definition) is 1. The summed E-state index contributed by atoms with van der Waals surface area (Å²) in [5, 5.41) is 9.57. The van der Waals surface area contributed by atoms with E-state index >= 15 is 0 Å². The van der Waals surface area contributed by atoms with E-state index in [0.717, 1.165) is 0 Å². The molecule has 82 valence electrons. The molecule has 0 bridgehead atoms. The predicted octanol–water partition coefficient (Wildman–Crippen LogP) is 0.964. The molecule has 2 atom stereocenters. The second-order valence-electron chi connectivity index (χ2n) is 4.51. The Morgan fingerprint density at radius 3 is 2.64 bits per heavy atom. The fourth-order valence-corrected chi connectivity index (χ4v) is 1.56. The van der Waals surface area contributed by atoms with Crippen LogP contribution in [0, 0.1) is 5.92 Å². The molecule has 0 aromatic rings. The largest absolute Gasteiger partial charge is 0.387 e. The monoisotopic (exact) mass is 203 g/mol. The predicted molar refractivity (Wildman–Crippen MR) is 51.6 cm³/mol. The molecule has 4 heteroatoms. The number of hydrogen-bond acceptors (Lipinski definition) is 2. The first-order chi connectivity index (χ1) is 6.34. The van der Waals surface area contributed by atoms with Crippen molar-refractivity contribution in [2.45, 2.75) is 39.0 Å². The number of piperidine rings is 1. The van der Waals surface area contributed by atoms with Crippen LogP contribution < -0.4 is 0 Å². The van der Waals surface area contributed by atoms with E-state index in [4.69, 9.17) is 0 Å². The number of rotatable bonds is 1. The number of nitrogens with zero attached hydrogens (tertiary/aromatic N) is 1. The summed E-state index contributed by atoms with van der Waals surface area (Å²) in [6, 6.07) is 0. The van der Waals surface area contributed by atoms with Gasteiger partial charge in [0.25, 0.3) is 0 Å². The van der Waals surface area contributed by atoms with Gasteiger partial charge >= 0.3 is 0 Å². The molecule has 0 aliphatic carbocycles. The van der Waals surface area contributed by atoms with Crippen LogP contribution in [0.3, 0.4) is 0 Å². The van der Waals surface area contributed by atoms with Crippen molar-refractivity contribution >= 4 is 5.91 Å². The Morgan fingerprint density at radius 1 is 1.64 bits per heavy atom. The lowest BCUT2D eigenvalue weighted by molar-refractivity contribution is -0.143. The highest BCUT2D eigenvalue weighted by molar-refractivity contribution is 5.78. The van der Waals surface area contributed by atoms with Gasteiger partial charge in [-0.2, -0.15) is 0 Å². The lowest BCUT2D eigenvalue weighted by atomic mass is 9.91. The highest BCUT2D eigenvalue weighted by Gasteiger charge is 2.39. The van der Waals surface area contributed by atoms with E-state index in [1.807, 2.05) is 0 Å². The van der Waals surface area contributed by atoms with Crippen molar-refractivity contribution in [2.75, 3.05) is 13.1 Å². The molecule has 1 rings (SSSR count). The van der Waals surface area contributed by atoms with Gasteiger partial charge in [-0.25, -0.2) is 4.39 Å². The maximum Gasteiger partial charge on any atom is 0.225 e. The highest BCUT2D eigenvalue weighted by atomic mass is 19.1. The van der Waals surface area contributed by atoms with Crippen LogP contribution in [0.25, 0.3) is 0 Å². The summed E-state index contributed by atoms with van der Waals surface area (Å²) in [5.74, 6) is -0.145. The summed E-state index contributed by atoms with van der Waals surface area (Å²) in [6.07, 6.45) is -1.02. The van der Waals surface area contributed by atoms with Gasteiger partial charge in [0.2, 0.25) is 5.91 Å². The third-order valence-electron chi connectivity index (χ3n) is 2.75. The highest BCUT2D eigenvalue weighted by Crippen LogP contribution is 2.25. The van der Waals surface area contributed by atoms with Crippen molar-refractivity contribution in [3.8, 4) is 0 Å². The average Bonchev–Trinajstić information content (AvgIpc) is 2.08. The van der Waals surface area contributed by atoms with E-state index in [9.17, 15) is 14.3 Å². The standard InChI is InChI=1S/C10H18FNO2/c1-7(2)9(13)12-5-4-10(3,14)8(11)6-12/h7-8,14H,4-6H2,1-3H3. The maximum absolute atomic E-state index is 13.4. The van der Waals surface area contributed by atoms with E-state index < -0.39 is 11.8 Å². The van der Waals surface area contributed by atoms with Crippen LogP contribution >= 0.6 is 0 Å². The molecule has 14 heavy (non-hydrogen) atoms. The summed E-state index contributed by atoms with van der Waals surface area (Å²) in [4.78, 5) is 13.0. The van der Waals surface area contributed by atoms with Crippen LogP contribution in [-0.2, 0) is 4.79 Å². The Labute approximate surface area is 83.9 Å². The van der Waals surface area contributed by atoms with E-state index in [-0.39, 0.29) is 18.4 Å². The number of carbonyl (C=O) groups excluding carboxylic acids is 1. The molecule has 0 radical (unpaired) electrons. The number of likely N-dealkylation sites (tertiary alicyclic amines) is 1. The molecule has 1 aliphatic rings. The smallest absolute Gasteiger partial charge is 0.225 e. The van der Waals surface area contributed by atoms with Crippen molar-refractivity contribution in [1.82, 2.24) is 4.90 Å². The molecule has 2 unspecified atom stereocenters. The summed E-state index contributed by atoms with van der Waals surface area (Å²) in [5.41, 5.74) is -1.27. The van der Waals surface area contributed by atoms with E-state index in [1.165, 1.54) is 11.8 Å². The van der Waals surface area contributed by atoms with E-state index in [2.05, 4.69) is 0 Å². The van der Waals surface area contributed by atoms with Gasteiger partial charge in [0.1, 0.15) is 6.17 Å². The first-order valence-electron chi connectivity index (χ1n) is 5.00. The molecule has 0 spiro atoms. The zero-order valence-corrected chi connectivity index (χ0v) is 8.96. The van der Waals surface area contributed by atoms with Gasteiger partial charge in [-0.15, -0.1) is 0 Å². The van der Waals surface area contributed by atoms with Crippen molar-refractivity contribution in [3.05, 3.63) is 0 Å². The van der Waals surface area contributed by atoms with Gasteiger partial charge in [0, 0.05) is 12.5 Å². The normalized spacial score (nSPS) is 33.6. The fraction of sp³-hybridized carbons (Fsp3) is 0.900. The van der Waals surface area contributed by atoms with E-state index in [0.29, 0.717) is 13.0 Å². The minimum absolute atomic E-state index is 0.0179. The molecule has 1 fully saturated rings. The Morgan fingerprint density at radius 2 is 2.21 bits per heavy atom. The zero-order chi connectivity index (χ0) is 10.9. The number of amides is 1. The SMILES string of the molecule is CC(C)C(=O)N1CCC(C)(O)C(F)C1. The van der Waals surface area contributed by atoms with Crippen LogP contribution in [0.4, 0.5) is 4.39 Å². The third-order valence-corrected chi connectivity index (χ3v) is 2.75. The summed E-state index contributed by atoms with van der Waals surface area (Å²) >= 11 is 0. The fourth-order valence-electron chi connectivity index (χ4n) is 1.56. The molecule has 1 aliphatic heterocycles. The van der Waals surface area contributed by atoms with Crippen LogP contribution in [0.15, 0.2) is 0 Å². The molecule has 1 N–H and O–H groups in total. The molecular formula is C10H18FNO2. The summed E-state index contributed by atoms with van der Waals surface area (Å²) in [6.45, 7) is 5.54. The maximum atomic E-state index is 13.4. The van der Waals surface area contributed by atoms with Crippen LogP contribution in [-0.4, -0.2) is 40.8 Å². The lowest BCUT2D eigenvalue weighted by Gasteiger charge is -2.39. The quantitative estimate of drug-likeness (QED) is 0.689. The van der Waals surface area contributed by atoms with Gasteiger partial charge < -0.3 is 10.0 Å². The molecule has 1 amide bonds. The Kier molecular flexibility index (Phi) is 3.14. The molecule has 1 heterocycles. The minimum atomic E-state index is -1.33. The second kappa shape index (κ2) is 3.85. The summed E-state index contributed by atoms with van der Waals surface area (Å²) < 4.78 is 13.4. The molecule has 1 saturated heterocycles. The summed E-state index contributed by atoms with van der Waals surface area (Å²) in [7, 11) is 0. The first-order valence-corrected chi connectivity index (χ1v) is 5.00. The van der Waals surface area contributed by atoms with Crippen LogP contribution in [0.2, 0.25) is 0 Å². The van der Waals surface area contributed by atoms with Crippen molar-refractivity contribution in [2.24, 2.45) is 5.92 Å². The van der Waals surface area contributed by atoms with Gasteiger partial charge in [-0.05, 0) is 13.3 Å². The van der Waals surface area contributed by atoms with Crippen LogP contribution in [0.1, 0.15) is 27.2 Å². The third kappa shape index (κ3) is 2.23. The van der Waals surface area contributed by atoms with Gasteiger partial charge in [0.15, 0.2) is 0 Å². The Balaban J connectivity index is 2.59. The molecule has 0 saturated carbocycles. The van der Waals surface area contributed by atoms with Crippen molar-refractivity contribution in [3.63, 3.8) is 0 Å². The number of halogens is 1. The Hall–Kier alpha value is -0.640. The molecule has 0 aromatic heterocycles. The molecule has 0 aromatic carbocycles. The minimum Gasteiger partial charge on any atom is -0.387 e. The molecule has 3 nitrogen and oxygen atoms in total. The number of aliphatic hydroxyl groups is 1. The van der Waals surface area contributed by atoms with Gasteiger partial charge in [0.05, 0.1) is 12.1 Å². The van der Waals surface area contributed by atoms with Gasteiger partial charge in [-0.3, -0.25) is 4.79 Å². The van der Waals surface area contributed by atoms with E-state index in [1.54, 1.807) is 13.8 Å². The number of alkyl halides is 1. The van der Waals surface area contributed by atoms with Crippen molar-refractivity contribution in [1.29, 1.82) is 0 Å². The molecular weight excluding hydrogens is 185 g/mol. The van der Waals surface area contributed by atoms with Crippen LogP contribution in [0.5, 0.6) is 0 Å². The lowest BCUT2D eigenvalue weighted by Crippen LogP contribution is -2.54. The topological polar surface area (TPSA) is 40.5 Å². The first kappa shape index (κ1) is 11.4. The average molecular weight is 203 g/mol. The second-order valence-corrected chi connectivity index (χ2v) is 4.51. The Bertz CT molecular complexity index is 228. The zero-order valence-electron chi connectivity index (χ0n) is 8.96. The van der Waals surface area contributed by atoms with Gasteiger partial charge in [-0.1, -0.05) is 13.8 Å². The van der Waals surface area contributed by atoms with Crippen molar-refractivity contribution < 1.29 is 14.3 Å².